The number of carbonyl (C=O) groups excluding carboxylic acids is 1. The highest BCUT2D eigenvalue weighted by Crippen LogP contribution is 2.27. The van der Waals surface area contributed by atoms with Gasteiger partial charge in [-0.3, -0.25) is 14.6 Å². The van der Waals surface area contributed by atoms with Crippen LogP contribution in [0.25, 0.3) is 0 Å². The fourth-order valence-electron chi connectivity index (χ4n) is 2.19. The van der Waals surface area contributed by atoms with E-state index in [-0.39, 0.29) is 11.9 Å². The zero-order valence-electron chi connectivity index (χ0n) is 8.35. The second-order valence-corrected chi connectivity index (χ2v) is 4.82. The molecule has 2 fully saturated rings. The van der Waals surface area contributed by atoms with Crippen molar-refractivity contribution in [1.82, 2.24) is 10.2 Å². The first-order chi connectivity index (χ1) is 7.36. The fraction of sp³-hybridized carbons (Fsp3) is 0.500. The van der Waals surface area contributed by atoms with E-state index in [0.29, 0.717) is 0 Å². The molecule has 2 aliphatic heterocycles. The molecule has 0 spiro atoms. The Morgan fingerprint density at radius 2 is 2.47 bits per heavy atom. The number of anilines is 1. The highest BCUT2D eigenvalue weighted by Gasteiger charge is 2.40. The Balaban J connectivity index is 1.85. The van der Waals surface area contributed by atoms with Gasteiger partial charge in [-0.15, -0.1) is 11.3 Å². The number of fused-ring (bicyclic) bond motifs is 1. The van der Waals surface area contributed by atoms with Crippen LogP contribution in [0.5, 0.6) is 0 Å². The van der Waals surface area contributed by atoms with Crippen LogP contribution in [0.15, 0.2) is 17.5 Å². The molecule has 1 aromatic rings. The molecule has 4 nitrogen and oxygen atoms in total. The van der Waals surface area contributed by atoms with Crippen molar-refractivity contribution in [2.45, 2.75) is 6.04 Å². The summed E-state index contributed by atoms with van der Waals surface area (Å²) in [5.74, 6) is 0.240. The first kappa shape index (κ1) is 9.33. The smallest absolute Gasteiger partial charge is 0.247 e. The van der Waals surface area contributed by atoms with Crippen molar-refractivity contribution in [1.29, 1.82) is 0 Å². The van der Waals surface area contributed by atoms with Gasteiger partial charge in [0.25, 0.3) is 0 Å². The lowest BCUT2D eigenvalue weighted by molar-refractivity contribution is -0.119. The summed E-state index contributed by atoms with van der Waals surface area (Å²) in [7, 11) is 0. The van der Waals surface area contributed by atoms with Gasteiger partial charge in [0.15, 0.2) is 0 Å². The molecular formula is C10H13N3OS. The molecule has 1 amide bonds. The average Bonchev–Trinajstić information content (AvgIpc) is 2.87. The van der Waals surface area contributed by atoms with Crippen LogP contribution in [0, 0.1) is 0 Å². The van der Waals surface area contributed by atoms with Crippen LogP contribution < -0.4 is 10.2 Å². The minimum atomic E-state index is 0.0563. The van der Waals surface area contributed by atoms with Crippen molar-refractivity contribution >= 4 is 22.2 Å². The van der Waals surface area contributed by atoms with Crippen LogP contribution in [0.4, 0.5) is 5.00 Å². The van der Waals surface area contributed by atoms with Crippen LogP contribution in [0.3, 0.4) is 0 Å². The van der Waals surface area contributed by atoms with Crippen LogP contribution in [-0.4, -0.2) is 43.2 Å². The predicted octanol–water partition coefficient (Wildman–Crippen LogP) is 0.326. The molecule has 5 heteroatoms. The van der Waals surface area contributed by atoms with Crippen LogP contribution >= 0.6 is 11.3 Å². The lowest BCUT2D eigenvalue weighted by Gasteiger charge is -2.26. The number of piperazine rings is 1. The summed E-state index contributed by atoms with van der Waals surface area (Å²) in [5, 5.41) is 6.34. The molecule has 80 valence electrons. The van der Waals surface area contributed by atoms with Crippen molar-refractivity contribution in [3.05, 3.63) is 17.5 Å². The van der Waals surface area contributed by atoms with E-state index in [0.717, 1.165) is 31.3 Å². The summed E-state index contributed by atoms with van der Waals surface area (Å²) in [6.45, 7) is 3.51. The van der Waals surface area contributed by atoms with Gasteiger partial charge in [0.1, 0.15) is 6.04 Å². The lowest BCUT2D eigenvalue weighted by atomic mass is 10.2. The van der Waals surface area contributed by atoms with Gasteiger partial charge >= 0.3 is 0 Å². The number of hydrogen-bond acceptors (Lipinski definition) is 4. The van der Waals surface area contributed by atoms with E-state index in [4.69, 9.17) is 0 Å². The molecule has 1 aromatic heterocycles. The second kappa shape index (κ2) is 3.59. The van der Waals surface area contributed by atoms with Gasteiger partial charge in [0.05, 0.1) is 11.7 Å². The van der Waals surface area contributed by atoms with E-state index in [1.54, 1.807) is 11.3 Å². The molecule has 0 saturated carbocycles. The molecule has 0 radical (unpaired) electrons. The van der Waals surface area contributed by atoms with E-state index < -0.39 is 0 Å². The fourth-order valence-corrected chi connectivity index (χ4v) is 2.92. The average molecular weight is 223 g/mol. The molecule has 0 bridgehead atoms. The Kier molecular flexibility index (Phi) is 2.23. The Hall–Kier alpha value is -0.910. The van der Waals surface area contributed by atoms with Gasteiger partial charge in [0.2, 0.25) is 5.91 Å². The maximum Gasteiger partial charge on any atom is 0.247 e. The quantitative estimate of drug-likeness (QED) is 0.745. The molecule has 2 saturated heterocycles. The van der Waals surface area contributed by atoms with Gasteiger partial charge < -0.3 is 5.32 Å². The second-order valence-electron chi connectivity index (χ2n) is 3.89. The van der Waals surface area contributed by atoms with Gasteiger partial charge in [-0.25, -0.2) is 0 Å². The Morgan fingerprint density at radius 3 is 3.20 bits per heavy atom. The topological polar surface area (TPSA) is 35.6 Å². The SMILES string of the molecule is O=C1C2CNCCN2CN1c1cccs1. The summed E-state index contributed by atoms with van der Waals surface area (Å²) in [4.78, 5) is 16.2. The van der Waals surface area contributed by atoms with Crippen LogP contribution in [0.1, 0.15) is 0 Å². The monoisotopic (exact) mass is 223 g/mol. The van der Waals surface area contributed by atoms with Crippen molar-refractivity contribution in [2.24, 2.45) is 0 Å². The molecular weight excluding hydrogens is 210 g/mol. The van der Waals surface area contributed by atoms with Crippen molar-refractivity contribution < 1.29 is 4.79 Å². The van der Waals surface area contributed by atoms with Gasteiger partial charge in [-0.1, -0.05) is 0 Å². The Bertz CT molecular complexity index is 365. The molecule has 1 atom stereocenters. The summed E-state index contributed by atoms with van der Waals surface area (Å²) in [5.41, 5.74) is 0. The summed E-state index contributed by atoms with van der Waals surface area (Å²) >= 11 is 1.63. The zero-order chi connectivity index (χ0) is 10.3. The standard InChI is InChI=1S/C10H13N3OS/c14-10-8-6-11-3-4-12(8)7-13(10)9-2-1-5-15-9/h1-2,5,8,11H,3-4,6-7H2. The van der Waals surface area contributed by atoms with Crippen molar-refractivity contribution in [3.63, 3.8) is 0 Å². The number of thiophene rings is 1. The van der Waals surface area contributed by atoms with Crippen LogP contribution in [0.2, 0.25) is 0 Å². The summed E-state index contributed by atoms with van der Waals surface area (Å²) in [6, 6.07) is 4.05. The Morgan fingerprint density at radius 1 is 1.53 bits per heavy atom. The van der Waals surface area contributed by atoms with Crippen LogP contribution in [-0.2, 0) is 4.79 Å². The number of nitrogens with zero attached hydrogens (tertiary/aromatic N) is 2. The van der Waals surface area contributed by atoms with Gasteiger partial charge in [-0.2, -0.15) is 0 Å². The van der Waals surface area contributed by atoms with E-state index in [1.165, 1.54) is 0 Å². The first-order valence-electron chi connectivity index (χ1n) is 5.16. The summed E-state index contributed by atoms with van der Waals surface area (Å²) < 4.78 is 0. The number of hydrogen-bond donors (Lipinski definition) is 1. The molecule has 0 aromatic carbocycles. The Labute approximate surface area is 92.5 Å². The van der Waals surface area contributed by atoms with Crippen molar-refractivity contribution in [2.75, 3.05) is 31.2 Å². The predicted molar refractivity (Wildman–Crippen MR) is 60.0 cm³/mol. The molecule has 2 aliphatic rings. The molecule has 15 heavy (non-hydrogen) atoms. The highest BCUT2D eigenvalue weighted by atomic mass is 32.1. The largest absolute Gasteiger partial charge is 0.313 e. The molecule has 3 rings (SSSR count). The number of amides is 1. The highest BCUT2D eigenvalue weighted by molar-refractivity contribution is 7.14. The van der Waals surface area contributed by atoms with E-state index in [9.17, 15) is 4.79 Å². The molecule has 0 aliphatic carbocycles. The number of nitrogens with one attached hydrogen (secondary N) is 1. The maximum atomic E-state index is 12.1. The normalized spacial score (nSPS) is 27.1. The lowest BCUT2D eigenvalue weighted by Crippen LogP contribution is -2.50. The number of rotatable bonds is 1. The zero-order valence-corrected chi connectivity index (χ0v) is 9.17. The molecule has 1 N–H and O–H groups in total. The third-order valence-electron chi connectivity index (χ3n) is 3.00. The maximum absolute atomic E-state index is 12.1. The first-order valence-corrected chi connectivity index (χ1v) is 6.04. The minimum Gasteiger partial charge on any atom is -0.313 e. The summed E-state index contributed by atoms with van der Waals surface area (Å²) in [6.07, 6.45) is 0. The van der Waals surface area contributed by atoms with Gasteiger partial charge in [0, 0.05) is 19.6 Å². The van der Waals surface area contributed by atoms with Crippen molar-refractivity contribution in [3.8, 4) is 0 Å². The van der Waals surface area contributed by atoms with E-state index in [1.807, 2.05) is 22.4 Å². The van der Waals surface area contributed by atoms with Gasteiger partial charge in [-0.05, 0) is 17.5 Å². The third kappa shape index (κ3) is 1.47. The van der Waals surface area contributed by atoms with E-state index in [2.05, 4.69) is 10.2 Å². The van der Waals surface area contributed by atoms with E-state index >= 15 is 0 Å². The molecule has 1 unspecified atom stereocenters. The molecule has 3 heterocycles. The third-order valence-corrected chi connectivity index (χ3v) is 3.89. The number of carbonyl (C=O) groups is 1. The minimum absolute atomic E-state index is 0.0563.